The molecule has 118 valence electrons. The molecule has 1 amide bonds. The monoisotopic (exact) mass is 339 g/mol. The lowest BCUT2D eigenvalue weighted by molar-refractivity contribution is -0.117. The number of hydrogen-bond donors (Lipinski definition) is 0. The minimum Gasteiger partial charge on any atom is -0.292 e. The molecule has 22 heavy (non-hydrogen) atoms. The van der Waals surface area contributed by atoms with Gasteiger partial charge in [-0.15, -0.1) is 0 Å². The zero-order chi connectivity index (χ0) is 16.3. The normalized spacial score (nSPS) is 10.8. The third kappa shape index (κ3) is 3.45. The number of halogens is 2. The highest BCUT2D eigenvalue weighted by atomic mass is 35.5. The van der Waals surface area contributed by atoms with Gasteiger partial charge in [-0.2, -0.15) is 5.10 Å². The van der Waals surface area contributed by atoms with Gasteiger partial charge in [0.15, 0.2) is 0 Å². The highest BCUT2D eigenvalue weighted by Gasteiger charge is 2.20. The van der Waals surface area contributed by atoms with E-state index in [1.165, 1.54) is 0 Å². The summed E-state index contributed by atoms with van der Waals surface area (Å²) in [6.07, 6.45) is 4.83. The molecule has 0 aliphatic carbocycles. The predicted molar refractivity (Wildman–Crippen MR) is 90.6 cm³/mol. The molecule has 4 nitrogen and oxygen atoms in total. The van der Waals surface area contributed by atoms with Crippen molar-refractivity contribution in [2.24, 2.45) is 0 Å². The van der Waals surface area contributed by atoms with Gasteiger partial charge in [-0.3, -0.25) is 14.4 Å². The summed E-state index contributed by atoms with van der Waals surface area (Å²) in [5.74, 6) is -0.0571. The number of aromatic nitrogens is 2. The minimum absolute atomic E-state index is 0.0571. The number of carbonyl (C=O) groups excluding carboxylic acids is 1. The fourth-order valence-corrected chi connectivity index (χ4v) is 2.95. The van der Waals surface area contributed by atoms with Crippen LogP contribution in [0.15, 0.2) is 24.5 Å². The molecule has 0 unspecified atom stereocenters. The van der Waals surface area contributed by atoms with E-state index in [0.29, 0.717) is 16.7 Å². The average molecular weight is 340 g/mol. The Balaban J connectivity index is 2.52. The molecule has 1 aromatic heterocycles. The highest BCUT2D eigenvalue weighted by Crippen LogP contribution is 2.33. The van der Waals surface area contributed by atoms with Crippen LogP contribution in [0.2, 0.25) is 10.0 Å². The second kappa shape index (κ2) is 7.16. The number of hydrogen-bond acceptors (Lipinski definition) is 2. The van der Waals surface area contributed by atoms with Crippen LogP contribution in [-0.4, -0.2) is 15.7 Å². The van der Waals surface area contributed by atoms with Crippen molar-refractivity contribution in [1.82, 2.24) is 9.78 Å². The van der Waals surface area contributed by atoms with Crippen molar-refractivity contribution < 1.29 is 4.79 Å². The van der Waals surface area contributed by atoms with E-state index in [-0.39, 0.29) is 5.91 Å². The van der Waals surface area contributed by atoms with E-state index in [0.717, 1.165) is 29.7 Å². The molecular formula is C16H19Cl2N3O. The Kier molecular flexibility index (Phi) is 5.48. The van der Waals surface area contributed by atoms with Crippen molar-refractivity contribution in [3.63, 3.8) is 0 Å². The van der Waals surface area contributed by atoms with Crippen LogP contribution in [0.1, 0.15) is 31.9 Å². The number of anilines is 1. The molecule has 6 heteroatoms. The Hall–Kier alpha value is -1.52. The maximum Gasteiger partial charge on any atom is 0.225 e. The number of benzene rings is 1. The summed E-state index contributed by atoms with van der Waals surface area (Å²) in [4.78, 5) is 13.9. The summed E-state index contributed by atoms with van der Waals surface area (Å²) in [6, 6.07) is 3.87. The van der Waals surface area contributed by atoms with Gasteiger partial charge < -0.3 is 0 Å². The molecular weight excluding hydrogens is 321 g/mol. The molecule has 2 aromatic rings. The summed E-state index contributed by atoms with van der Waals surface area (Å²) >= 11 is 12.2. The molecule has 0 fully saturated rings. The molecule has 0 N–H and O–H groups in total. The number of rotatable bonds is 5. The van der Waals surface area contributed by atoms with Gasteiger partial charge in [0.1, 0.15) is 6.67 Å². The lowest BCUT2D eigenvalue weighted by Gasteiger charge is -2.27. The molecule has 2 rings (SSSR count). The van der Waals surface area contributed by atoms with Crippen molar-refractivity contribution in [1.29, 1.82) is 0 Å². The molecule has 1 heterocycles. The third-order valence-electron chi connectivity index (χ3n) is 3.58. The SMILES string of the molecule is CCc1ccc(Cl)c(CC)c1N(Cn1cc(Cl)cn1)C(C)=O. The van der Waals surface area contributed by atoms with Gasteiger partial charge >= 0.3 is 0 Å². The van der Waals surface area contributed by atoms with Crippen LogP contribution in [0.4, 0.5) is 5.69 Å². The second-order valence-electron chi connectivity index (χ2n) is 5.03. The second-order valence-corrected chi connectivity index (χ2v) is 5.87. The van der Waals surface area contributed by atoms with Crippen LogP contribution >= 0.6 is 23.2 Å². The van der Waals surface area contributed by atoms with Crippen LogP contribution in [0.25, 0.3) is 0 Å². The van der Waals surface area contributed by atoms with Gasteiger partial charge in [0.05, 0.1) is 16.9 Å². The van der Waals surface area contributed by atoms with E-state index in [1.807, 2.05) is 19.1 Å². The molecule has 0 aliphatic heterocycles. The van der Waals surface area contributed by atoms with E-state index in [4.69, 9.17) is 23.2 Å². The maximum atomic E-state index is 12.2. The Morgan fingerprint density at radius 2 is 2.00 bits per heavy atom. The van der Waals surface area contributed by atoms with E-state index in [2.05, 4.69) is 12.0 Å². The van der Waals surface area contributed by atoms with E-state index in [9.17, 15) is 4.79 Å². The van der Waals surface area contributed by atoms with E-state index < -0.39 is 0 Å². The number of aryl methyl sites for hydroxylation is 1. The van der Waals surface area contributed by atoms with Crippen molar-refractivity contribution in [2.75, 3.05) is 4.90 Å². The summed E-state index contributed by atoms with van der Waals surface area (Å²) in [6.45, 7) is 5.95. The van der Waals surface area contributed by atoms with Gasteiger partial charge in [0.25, 0.3) is 0 Å². The Bertz CT molecular complexity index is 682. The topological polar surface area (TPSA) is 38.1 Å². The lowest BCUT2D eigenvalue weighted by Crippen LogP contribution is -2.32. The zero-order valence-corrected chi connectivity index (χ0v) is 14.4. The first kappa shape index (κ1) is 16.8. The van der Waals surface area contributed by atoms with Crippen LogP contribution in [0, 0.1) is 0 Å². The molecule has 0 aliphatic rings. The van der Waals surface area contributed by atoms with Crippen molar-refractivity contribution >= 4 is 34.8 Å². The van der Waals surface area contributed by atoms with Gasteiger partial charge in [0, 0.05) is 18.1 Å². The Morgan fingerprint density at radius 1 is 1.27 bits per heavy atom. The van der Waals surface area contributed by atoms with E-state index in [1.54, 1.807) is 28.9 Å². The van der Waals surface area contributed by atoms with Gasteiger partial charge in [-0.05, 0) is 30.0 Å². The first-order chi connectivity index (χ1) is 10.5. The quantitative estimate of drug-likeness (QED) is 0.813. The van der Waals surface area contributed by atoms with Gasteiger partial charge in [0.2, 0.25) is 5.91 Å². The third-order valence-corrected chi connectivity index (χ3v) is 4.13. The predicted octanol–water partition coefficient (Wildman–Crippen LogP) is 4.33. The number of carbonyl (C=O) groups is 1. The maximum absolute atomic E-state index is 12.2. The fraction of sp³-hybridized carbons (Fsp3) is 0.375. The summed E-state index contributed by atoms with van der Waals surface area (Å²) < 4.78 is 1.64. The first-order valence-electron chi connectivity index (χ1n) is 7.24. The summed E-state index contributed by atoms with van der Waals surface area (Å²) in [5.41, 5.74) is 2.96. The van der Waals surface area contributed by atoms with Crippen molar-refractivity contribution in [3.8, 4) is 0 Å². The molecule has 0 atom stereocenters. The van der Waals surface area contributed by atoms with Crippen LogP contribution in [0.3, 0.4) is 0 Å². The molecule has 0 saturated carbocycles. The standard InChI is InChI=1S/C16H19Cl2N3O/c1-4-12-6-7-15(18)14(5-2)16(12)21(11(3)22)10-20-9-13(17)8-19-20/h6-9H,4-5,10H2,1-3H3. The Morgan fingerprint density at radius 3 is 2.50 bits per heavy atom. The molecule has 0 spiro atoms. The van der Waals surface area contributed by atoms with Gasteiger partial charge in [-0.25, -0.2) is 0 Å². The first-order valence-corrected chi connectivity index (χ1v) is 7.99. The van der Waals surface area contributed by atoms with Crippen LogP contribution in [-0.2, 0) is 24.3 Å². The smallest absolute Gasteiger partial charge is 0.225 e. The van der Waals surface area contributed by atoms with Crippen molar-refractivity contribution in [3.05, 3.63) is 45.7 Å². The highest BCUT2D eigenvalue weighted by molar-refractivity contribution is 6.32. The summed E-state index contributed by atoms with van der Waals surface area (Å²) in [7, 11) is 0. The van der Waals surface area contributed by atoms with E-state index >= 15 is 0 Å². The molecule has 1 aromatic carbocycles. The fourth-order valence-electron chi connectivity index (χ4n) is 2.51. The molecule has 0 radical (unpaired) electrons. The van der Waals surface area contributed by atoms with Gasteiger partial charge in [-0.1, -0.05) is 43.1 Å². The average Bonchev–Trinajstić information content (AvgIpc) is 2.89. The minimum atomic E-state index is -0.0571. The summed E-state index contributed by atoms with van der Waals surface area (Å²) in [5, 5.41) is 5.38. The number of nitrogens with zero attached hydrogens (tertiary/aromatic N) is 3. The van der Waals surface area contributed by atoms with Crippen LogP contribution < -0.4 is 4.90 Å². The number of amides is 1. The lowest BCUT2D eigenvalue weighted by atomic mass is 10.0. The Labute approximate surface area is 140 Å². The molecule has 0 saturated heterocycles. The molecule has 0 bridgehead atoms. The van der Waals surface area contributed by atoms with Crippen LogP contribution in [0.5, 0.6) is 0 Å². The van der Waals surface area contributed by atoms with Crippen molar-refractivity contribution in [2.45, 2.75) is 40.3 Å². The largest absolute Gasteiger partial charge is 0.292 e. The zero-order valence-electron chi connectivity index (χ0n) is 12.9.